The van der Waals surface area contributed by atoms with Crippen molar-refractivity contribution in [3.8, 4) is 0 Å². The van der Waals surface area contributed by atoms with E-state index in [1.807, 2.05) is 17.5 Å². The quantitative estimate of drug-likeness (QED) is 0.421. The van der Waals surface area contributed by atoms with Gasteiger partial charge in [0.15, 0.2) is 0 Å². The molecule has 0 radical (unpaired) electrons. The maximum atomic E-state index is 13.6. The van der Waals surface area contributed by atoms with Gasteiger partial charge in [0.25, 0.3) is 0 Å². The first kappa shape index (κ1) is 24.2. The topological polar surface area (TPSA) is 57.7 Å². The van der Waals surface area contributed by atoms with E-state index in [-0.39, 0.29) is 17.3 Å². The Bertz CT molecular complexity index is 1260. The van der Waals surface area contributed by atoms with Crippen LogP contribution in [0.1, 0.15) is 35.9 Å². The number of thiophene rings is 1. The van der Waals surface area contributed by atoms with Crippen molar-refractivity contribution in [2.24, 2.45) is 0 Å². The smallest absolute Gasteiger partial charge is 0.243 e. The molecule has 0 bridgehead atoms. The molecule has 2 heterocycles. The second-order valence-corrected chi connectivity index (χ2v) is 11.9. The van der Waals surface area contributed by atoms with Crippen LogP contribution >= 0.6 is 34.5 Å². The van der Waals surface area contributed by atoms with Crippen LogP contribution in [0.25, 0.3) is 0 Å². The number of halogens is 2. The first-order valence-electron chi connectivity index (χ1n) is 10.6. The fourth-order valence-electron chi connectivity index (χ4n) is 4.14. The number of benzene rings is 2. The van der Waals surface area contributed by atoms with Crippen LogP contribution in [0, 0.1) is 0 Å². The number of carbonyl (C=O) groups is 1. The molecule has 33 heavy (non-hydrogen) atoms. The Morgan fingerprint density at radius 3 is 2.52 bits per heavy atom. The Balaban J connectivity index is 1.70. The van der Waals surface area contributed by atoms with E-state index in [1.54, 1.807) is 72.5 Å². The summed E-state index contributed by atoms with van der Waals surface area (Å²) in [5.74, 6) is -0.268. The molecule has 0 N–H and O–H groups in total. The van der Waals surface area contributed by atoms with Crippen LogP contribution < -0.4 is 0 Å². The highest BCUT2D eigenvalue weighted by Crippen LogP contribution is 2.41. The first-order chi connectivity index (χ1) is 15.7. The minimum atomic E-state index is -3.84. The number of fused-ring (bicyclic) bond motifs is 1. The Morgan fingerprint density at radius 2 is 1.85 bits per heavy atom. The highest BCUT2D eigenvalue weighted by atomic mass is 35.5. The standard InChI is InChI=1S/C24H24Cl2N2O3S2/c1-16(2)28(33(30,31)18-6-4-3-5-7-18)15-23(29)27-12-10-22-20(11-13-32-22)24(27)19-9-8-17(25)14-21(19)26/h3-9,11,13-14,16,24H,10,12,15H2,1-2H3. The summed E-state index contributed by atoms with van der Waals surface area (Å²) in [6.07, 6.45) is 0.716. The molecule has 0 aliphatic carbocycles. The largest absolute Gasteiger partial charge is 0.330 e. The summed E-state index contributed by atoms with van der Waals surface area (Å²) in [6, 6.07) is 14.7. The lowest BCUT2D eigenvalue weighted by atomic mass is 9.93. The molecule has 0 saturated carbocycles. The van der Waals surface area contributed by atoms with Crippen molar-refractivity contribution < 1.29 is 13.2 Å². The second-order valence-electron chi connectivity index (χ2n) is 8.16. The zero-order valence-corrected chi connectivity index (χ0v) is 21.4. The second kappa shape index (κ2) is 9.76. The van der Waals surface area contributed by atoms with Crippen LogP contribution in [0.15, 0.2) is 64.9 Å². The molecule has 1 unspecified atom stereocenters. The molecule has 9 heteroatoms. The molecular weight excluding hydrogens is 499 g/mol. The normalized spacial score (nSPS) is 16.3. The fraction of sp³-hybridized carbons (Fsp3) is 0.292. The summed E-state index contributed by atoms with van der Waals surface area (Å²) in [6.45, 7) is 3.77. The van der Waals surface area contributed by atoms with Crippen LogP contribution in [0.5, 0.6) is 0 Å². The Hall–Kier alpha value is -1.90. The number of amides is 1. The molecule has 174 valence electrons. The summed E-state index contributed by atoms with van der Waals surface area (Å²) < 4.78 is 27.9. The molecule has 1 atom stereocenters. The van der Waals surface area contributed by atoms with Gasteiger partial charge in [-0.25, -0.2) is 8.42 Å². The predicted molar refractivity (Wildman–Crippen MR) is 134 cm³/mol. The van der Waals surface area contributed by atoms with E-state index in [0.29, 0.717) is 23.0 Å². The summed E-state index contributed by atoms with van der Waals surface area (Å²) in [4.78, 5) is 16.7. The van der Waals surface area contributed by atoms with Crippen molar-refractivity contribution in [3.63, 3.8) is 0 Å². The van der Waals surface area contributed by atoms with Crippen LogP contribution in [0.3, 0.4) is 0 Å². The van der Waals surface area contributed by atoms with E-state index in [1.165, 1.54) is 9.18 Å². The van der Waals surface area contributed by atoms with Gasteiger partial charge in [0, 0.05) is 27.5 Å². The maximum absolute atomic E-state index is 13.6. The molecule has 0 fully saturated rings. The van der Waals surface area contributed by atoms with Gasteiger partial charge in [0.2, 0.25) is 15.9 Å². The zero-order chi connectivity index (χ0) is 23.8. The van der Waals surface area contributed by atoms with E-state index in [0.717, 1.165) is 11.1 Å². The van der Waals surface area contributed by atoms with E-state index in [2.05, 4.69) is 0 Å². The SMILES string of the molecule is CC(C)N(CC(=O)N1CCc2sccc2C1c1ccc(Cl)cc1Cl)S(=O)(=O)c1ccccc1. The molecule has 1 amide bonds. The van der Waals surface area contributed by atoms with Crippen LogP contribution in [-0.2, 0) is 21.2 Å². The number of hydrogen-bond donors (Lipinski definition) is 0. The first-order valence-corrected chi connectivity index (χ1v) is 13.6. The van der Waals surface area contributed by atoms with Crippen molar-refractivity contribution in [1.29, 1.82) is 0 Å². The van der Waals surface area contributed by atoms with Gasteiger partial charge < -0.3 is 4.90 Å². The van der Waals surface area contributed by atoms with E-state index in [4.69, 9.17) is 23.2 Å². The van der Waals surface area contributed by atoms with Gasteiger partial charge in [-0.05, 0) is 67.1 Å². The van der Waals surface area contributed by atoms with Crippen molar-refractivity contribution in [2.75, 3.05) is 13.1 Å². The fourth-order valence-corrected chi connectivity index (χ4v) is 7.16. The van der Waals surface area contributed by atoms with Gasteiger partial charge in [0.1, 0.15) is 0 Å². The zero-order valence-electron chi connectivity index (χ0n) is 18.2. The van der Waals surface area contributed by atoms with Crippen LogP contribution in [0.2, 0.25) is 10.0 Å². The molecule has 1 aliphatic rings. The average Bonchev–Trinajstić information content (AvgIpc) is 3.26. The van der Waals surface area contributed by atoms with E-state index in [9.17, 15) is 13.2 Å². The molecular formula is C24H24Cl2N2O3S2. The highest BCUT2D eigenvalue weighted by Gasteiger charge is 2.37. The van der Waals surface area contributed by atoms with Gasteiger partial charge in [-0.15, -0.1) is 11.3 Å². The predicted octanol–water partition coefficient (Wildman–Crippen LogP) is 5.63. The maximum Gasteiger partial charge on any atom is 0.243 e. The Kier molecular flexibility index (Phi) is 7.17. The third kappa shape index (κ3) is 4.84. The van der Waals surface area contributed by atoms with Crippen molar-refractivity contribution >= 4 is 50.5 Å². The lowest BCUT2D eigenvalue weighted by Crippen LogP contribution is -2.48. The lowest BCUT2D eigenvalue weighted by molar-refractivity contribution is -0.133. The minimum Gasteiger partial charge on any atom is -0.330 e. The Morgan fingerprint density at radius 1 is 1.12 bits per heavy atom. The number of rotatable bonds is 6. The van der Waals surface area contributed by atoms with Crippen molar-refractivity contribution in [3.05, 3.63) is 86.0 Å². The molecule has 3 aromatic rings. The van der Waals surface area contributed by atoms with Crippen LogP contribution in [-0.4, -0.2) is 42.7 Å². The molecule has 1 aromatic heterocycles. The monoisotopic (exact) mass is 522 g/mol. The number of nitrogens with zero attached hydrogens (tertiary/aromatic N) is 2. The third-order valence-corrected chi connectivity index (χ3v) is 9.36. The van der Waals surface area contributed by atoms with Gasteiger partial charge >= 0.3 is 0 Å². The van der Waals surface area contributed by atoms with Gasteiger partial charge in [-0.2, -0.15) is 4.31 Å². The van der Waals surface area contributed by atoms with Crippen LogP contribution in [0.4, 0.5) is 0 Å². The molecule has 1 aliphatic heterocycles. The van der Waals surface area contributed by atoms with Crippen molar-refractivity contribution in [1.82, 2.24) is 9.21 Å². The van der Waals surface area contributed by atoms with Gasteiger partial charge in [0.05, 0.1) is 17.5 Å². The summed E-state index contributed by atoms with van der Waals surface area (Å²) in [5.41, 5.74) is 1.79. The average molecular weight is 524 g/mol. The van der Waals surface area contributed by atoms with E-state index >= 15 is 0 Å². The summed E-state index contributed by atoms with van der Waals surface area (Å²) in [5, 5.41) is 3.00. The van der Waals surface area contributed by atoms with Crippen molar-refractivity contribution in [2.45, 2.75) is 37.2 Å². The Labute approximate surface area is 208 Å². The molecule has 4 rings (SSSR count). The van der Waals surface area contributed by atoms with Gasteiger partial charge in [-0.1, -0.05) is 47.5 Å². The highest BCUT2D eigenvalue weighted by molar-refractivity contribution is 7.89. The molecule has 0 spiro atoms. The molecule has 2 aromatic carbocycles. The summed E-state index contributed by atoms with van der Waals surface area (Å²) >= 11 is 14.3. The van der Waals surface area contributed by atoms with Gasteiger partial charge in [-0.3, -0.25) is 4.79 Å². The lowest BCUT2D eigenvalue weighted by Gasteiger charge is -2.38. The number of hydrogen-bond acceptors (Lipinski definition) is 4. The number of sulfonamides is 1. The molecule has 0 saturated heterocycles. The summed E-state index contributed by atoms with van der Waals surface area (Å²) in [7, 11) is -3.84. The third-order valence-electron chi connectivity index (χ3n) is 5.76. The minimum absolute atomic E-state index is 0.169. The van der Waals surface area contributed by atoms with E-state index < -0.39 is 22.1 Å². The molecule has 5 nitrogen and oxygen atoms in total. The number of carbonyl (C=O) groups excluding carboxylic acids is 1.